The second-order valence-corrected chi connectivity index (χ2v) is 5.35. The Bertz CT molecular complexity index is 911. The normalized spacial score (nSPS) is 10.6. The van der Waals surface area contributed by atoms with Crippen molar-refractivity contribution < 1.29 is 24.2 Å². The summed E-state index contributed by atoms with van der Waals surface area (Å²) >= 11 is 0. The molecule has 0 aliphatic rings. The molecular formula is C20H18N2O5. The molecule has 138 valence electrons. The number of ether oxygens (including phenoxy) is 2. The summed E-state index contributed by atoms with van der Waals surface area (Å²) in [5, 5.41) is 21.6. The number of benzene rings is 2. The van der Waals surface area contributed by atoms with E-state index in [1.165, 1.54) is 37.5 Å². The van der Waals surface area contributed by atoms with E-state index in [1.54, 1.807) is 25.1 Å². The van der Waals surface area contributed by atoms with Crippen LogP contribution in [0.15, 0.2) is 48.0 Å². The minimum atomic E-state index is -0.614. The zero-order chi connectivity index (χ0) is 19.8. The van der Waals surface area contributed by atoms with E-state index < -0.39 is 11.9 Å². The van der Waals surface area contributed by atoms with E-state index >= 15 is 0 Å². The lowest BCUT2D eigenvalue weighted by Gasteiger charge is -2.07. The molecule has 2 rings (SSSR count). The third kappa shape index (κ3) is 5.09. The van der Waals surface area contributed by atoms with Crippen molar-refractivity contribution in [3.63, 3.8) is 0 Å². The highest BCUT2D eigenvalue weighted by molar-refractivity contribution is 6.09. The summed E-state index contributed by atoms with van der Waals surface area (Å²) in [4.78, 5) is 23.9. The van der Waals surface area contributed by atoms with Crippen LogP contribution in [0.3, 0.4) is 0 Å². The van der Waals surface area contributed by atoms with E-state index in [4.69, 9.17) is 9.47 Å². The molecule has 0 radical (unpaired) electrons. The number of nitrogens with one attached hydrogen (secondary N) is 1. The number of rotatable bonds is 6. The van der Waals surface area contributed by atoms with Gasteiger partial charge in [-0.25, -0.2) is 4.79 Å². The molecule has 7 heteroatoms. The van der Waals surface area contributed by atoms with Gasteiger partial charge in [0.15, 0.2) is 11.5 Å². The van der Waals surface area contributed by atoms with Gasteiger partial charge in [-0.3, -0.25) is 4.79 Å². The Hall–Kier alpha value is -3.79. The molecule has 27 heavy (non-hydrogen) atoms. The molecule has 7 nitrogen and oxygen atoms in total. The number of anilines is 1. The Morgan fingerprint density at radius 3 is 2.48 bits per heavy atom. The molecule has 0 heterocycles. The van der Waals surface area contributed by atoms with Crippen molar-refractivity contribution in [1.82, 2.24) is 0 Å². The molecule has 0 unspecified atom stereocenters. The van der Waals surface area contributed by atoms with E-state index in [-0.39, 0.29) is 23.7 Å². The van der Waals surface area contributed by atoms with Crippen LogP contribution in [-0.4, -0.2) is 30.7 Å². The number of hydrogen-bond donors (Lipinski definition) is 2. The first kappa shape index (κ1) is 19.5. The number of phenolic OH excluding ortho intramolecular Hbond substituents is 1. The maximum absolute atomic E-state index is 12.3. The van der Waals surface area contributed by atoms with Crippen LogP contribution in [0.25, 0.3) is 6.08 Å². The maximum Gasteiger partial charge on any atom is 0.338 e. The molecule has 1 amide bonds. The highest BCUT2D eigenvalue weighted by atomic mass is 16.5. The van der Waals surface area contributed by atoms with Gasteiger partial charge in [0.2, 0.25) is 0 Å². The van der Waals surface area contributed by atoms with E-state index in [9.17, 15) is 20.0 Å². The topological polar surface area (TPSA) is 109 Å². The largest absolute Gasteiger partial charge is 0.504 e. The van der Waals surface area contributed by atoms with Gasteiger partial charge in [-0.15, -0.1) is 0 Å². The first-order chi connectivity index (χ1) is 13.0. The van der Waals surface area contributed by atoms with E-state index in [1.807, 2.05) is 6.07 Å². The van der Waals surface area contributed by atoms with Crippen LogP contribution < -0.4 is 10.1 Å². The SMILES string of the molecule is CCOC(=O)c1ccc(NC(=O)C(C#N)=Cc2ccc(OC)c(O)c2)cc1. The van der Waals surface area contributed by atoms with Gasteiger partial charge in [0.1, 0.15) is 11.6 Å². The zero-order valence-electron chi connectivity index (χ0n) is 14.9. The first-order valence-corrected chi connectivity index (χ1v) is 8.05. The summed E-state index contributed by atoms with van der Waals surface area (Å²) < 4.78 is 9.84. The second kappa shape index (κ2) is 9.06. The van der Waals surface area contributed by atoms with Crippen molar-refractivity contribution in [1.29, 1.82) is 5.26 Å². The molecule has 0 aliphatic heterocycles. The lowest BCUT2D eigenvalue weighted by Crippen LogP contribution is -2.13. The van der Waals surface area contributed by atoms with Gasteiger partial charge in [0.25, 0.3) is 5.91 Å². The second-order valence-electron chi connectivity index (χ2n) is 5.35. The van der Waals surface area contributed by atoms with Crippen molar-refractivity contribution in [3.05, 3.63) is 59.2 Å². The fourth-order valence-electron chi connectivity index (χ4n) is 2.21. The lowest BCUT2D eigenvalue weighted by atomic mass is 10.1. The smallest absolute Gasteiger partial charge is 0.338 e. The van der Waals surface area contributed by atoms with Gasteiger partial charge in [0, 0.05) is 5.69 Å². The fraction of sp³-hybridized carbons (Fsp3) is 0.150. The number of amides is 1. The van der Waals surface area contributed by atoms with Crippen molar-refractivity contribution >= 4 is 23.6 Å². The Morgan fingerprint density at radius 1 is 1.22 bits per heavy atom. The van der Waals surface area contributed by atoms with Crippen LogP contribution >= 0.6 is 0 Å². The predicted octanol–water partition coefficient (Wildman–Crippen LogP) is 3.12. The summed E-state index contributed by atoms with van der Waals surface area (Å²) in [6, 6.07) is 12.5. The summed E-state index contributed by atoms with van der Waals surface area (Å²) in [5.41, 5.74) is 1.11. The average molecular weight is 366 g/mol. The standard InChI is InChI=1S/C20H18N2O5/c1-3-27-20(25)14-5-7-16(8-6-14)22-19(24)15(12-21)10-13-4-9-18(26-2)17(23)11-13/h4-11,23H,3H2,1-2H3,(H,22,24). The van der Waals surface area contributed by atoms with Crippen molar-refractivity contribution in [2.45, 2.75) is 6.92 Å². The van der Waals surface area contributed by atoms with Crippen LogP contribution in [0.4, 0.5) is 5.69 Å². The number of nitrogens with zero attached hydrogens (tertiary/aromatic N) is 1. The molecule has 0 saturated heterocycles. The number of carbonyl (C=O) groups excluding carboxylic acids is 2. The van der Waals surface area contributed by atoms with E-state index in [0.717, 1.165) is 0 Å². The highest BCUT2D eigenvalue weighted by Crippen LogP contribution is 2.27. The average Bonchev–Trinajstić information content (AvgIpc) is 2.67. The van der Waals surface area contributed by atoms with Gasteiger partial charge in [0.05, 0.1) is 19.3 Å². The molecule has 2 aromatic carbocycles. The van der Waals surface area contributed by atoms with Gasteiger partial charge < -0.3 is 19.9 Å². The van der Waals surface area contributed by atoms with Crippen molar-refractivity contribution in [3.8, 4) is 17.6 Å². The summed E-state index contributed by atoms with van der Waals surface area (Å²) in [6.45, 7) is 1.99. The Labute approximate surface area is 156 Å². The van der Waals surface area contributed by atoms with Crippen LogP contribution in [0, 0.1) is 11.3 Å². The molecule has 2 aromatic rings. The highest BCUT2D eigenvalue weighted by Gasteiger charge is 2.12. The monoisotopic (exact) mass is 366 g/mol. The lowest BCUT2D eigenvalue weighted by molar-refractivity contribution is -0.112. The first-order valence-electron chi connectivity index (χ1n) is 8.05. The summed E-state index contributed by atoms with van der Waals surface area (Å²) in [7, 11) is 1.42. The van der Waals surface area contributed by atoms with Crippen molar-refractivity contribution in [2.24, 2.45) is 0 Å². The Morgan fingerprint density at radius 2 is 1.93 bits per heavy atom. The molecule has 0 fully saturated rings. The number of hydrogen-bond acceptors (Lipinski definition) is 6. The molecule has 0 aliphatic carbocycles. The maximum atomic E-state index is 12.3. The van der Waals surface area contributed by atoms with Crippen molar-refractivity contribution in [2.75, 3.05) is 19.0 Å². The molecular weight excluding hydrogens is 348 g/mol. The van der Waals surface area contributed by atoms with E-state index in [2.05, 4.69) is 5.32 Å². The molecule has 0 saturated carbocycles. The number of methoxy groups -OCH3 is 1. The number of esters is 1. The number of aromatic hydroxyl groups is 1. The molecule has 0 bridgehead atoms. The molecule has 0 spiro atoms. The number of phenols is 1. The van der Waals surface area contributed by atoms with Gasteiger partial charge in [-0.2, -0.15) is 5.26 Å². The predicted molar refractivity (Wildman–Crippen MR) is 99.3 cm³/mol. The molecule has 0 atom stereocenters. The van der Waals surface area contributed by atoms with Crippen LogP contribution in [-0.2, 0) is 9.53 Å². The number of nitriles is 1. The van der Waals surface area contributed by atoms with Gasteiger partial charge in [-0.05, 0) is 55.0 Å². The zero-order valence-corrected chi connectivity index (χ0v) is 14.9. The summed E-state index contributed by atoms with van der Waals surface area (Å²) in [6.07, 6.45) is 1.35. The van der Waals surface area contributed by atoms with Gasteiger partial charge in [-0.1, -0.05) is 6.07 Å². The van der Waals surface area contributed by atoms with Crippen LogP contribution in [0.5, 0.6) is 11.5 Å². The minimum absolute atomic E-state index is 0.0986. The Kier molecular flexibility index (Phi) is 6.55. The van der Waals surface area contributed by atoms with Gasteiger partial charge >= 0.3 is 5.97 Å². The summed E-state index contributed by atoms with van der Waals surface area (Å²) in [5.74, 6) is -0.876. The molecule has 2 N–H and O–H groups in total. The fourth-order valence-corrected chi connectivity index (χ4v) is 2.21. The molecule has 0 aromatic heterocycles. The third-order valence-electron chi connectivity index (χ3n) is 3.53. The minimum Gasteiger partial charge on any atom is -0.504 e. The quantitative estimate of drug-likeness (QED) is 0.462. The van der Waals surface area contributed by atoms with E-state index in [0.29, 0.717) is 16.8 Å². The third-order valence-corrected chi connectivity index (χ3v) is 3.53. The Balaban J connectivity index is 2.14. The number of carbonyl (C=O) groups is 2. The van der Waals surface area contributed by atoms with Crippen LogP contribution in [0.2, 0.25) is 0 Å². The van der Waals surface area contributed by atoms with Crippen LogP contribution in [0.1, 0.15) is 22.8 Å².